The molecule has 0 aliphatic carbocycles. The van der Waals surface area contributed by atoms with E-state index in [1.807, 2.05) is 38.2 Å². The minimum absolute atomic E-state index is 0.0623. The summed E-state index contributed by atoms with van der Waals surface area (Å²) < 4.78 is 16.2. The molecule has 0 bridgehead atoms. The summed E-state index contributed by atoms with van der Waals surface area (Å²) in [6.45, 7) is 2.60. The van der Waals surface area contributed by atoms with Gasteiger partial charge in [0.15, 0.2) is 6.29 Å². The molecule has 4 heteroatoms. The Morgan fingerprint density at radius 2 is 1.82 bits per heavy atom. The van der Waals surface area contributed by atoms with Crippen molar-refractivity contribution >= 4 is 0 Å². The summed E-state index contributed by atoms with van der Waals surface area (Å²) in [5.74, 6) is 0.855. The number of nitrogens with one attached hydrogen (secondary N) is 1. The van der Waals surface area contributed by atoms with E-state index in [1.54, 1.807) is 14.2 Å². The quantitative estimate of drug-likeness (QED) is 0.738. The number of benzene rings is 1. The van der Waals surface area contributed by atoms with Crippen molar-refractivity contribution in [1.82, 2.24) is 5.32 Å². The summed E-state index contributed by atoms with van der Waals surface area (Å²) in [5.41, 5.74) is 1.03. The molecule has 0 heterocycles. The predicted octanol–water partition coefficient (Wildman–Crippen LogP) is 1.96. The summed E-state index contributed by atoms with van der Waals surface area (Å²) in [5, 5.41) is 3.19. The van der Waals surface area contributed by atoms with Gasteiger partial charge in [-0.25, -0.2) is 0 Å². The molecular weight excluding hydrogens is 218 g/mol. The molecule has 0 aromatic heterocycles. The Morgan fingerprint density at radius 3 is 2.35 bits per heavy atom. The van der Waals surface area contributed by atoms with Crippen molar-refractivity contribution in [2.75, 3.05) is 27.9 Å². The van der Waals surface area contributed by atoms with Crippen LogP contribution in [-0.4, -0.2) is 34.2 Å². The Bertz CT molecular complexity index is 326. The fourth-order valence-corrected chi connectivity index (χ4v) is 1.83. The summed E-state index contributed by atoms with van der Waals surface area (Å²) in [6.07, 6.45) is -0.346. The second-order valence-electron chi connectivity index (χ2n) is 3.58. The maximum atomic E-state index is 5.61. The van der Waals surface area contributed by atoms with Crippen molar-refractivity contribution < 1.29 is 14.2 Å². The van der Waals surface area contributed by atoms with Crippen LogP contribution in [0.5, 0.6) is 5.75 Å². The van der Waals surface area contributed by atoms with Gasteiger partial charge >= 0.3 is 0 Å². The van der Waals surface area contributed by atoms with Gasteiger partial charge < -0.3 is 19.5 Å². The summed E-state index contributed by atoms with van der Waals surface area (Å²) in [7, 11) is 5.13. The molecule has 0 amide bonds. The van der Waals surface area contributed by atoms with E-state index in [0.717, 1.165) is 11.3 Å². The molecule has 1 rings (SSSR count). The van der Waals surface area contributed by atoms with E-state index < -0.39 is 0 Å². The molecular formula is C13H21NO3. The van der Waals surface area contributed by atoms with E-state index in [9.17, 15) is 0 Å². The number of hydrogen-bond acceptors (Lipinski definition) is 4. The first-order chi connectivity index (χ1) is 8.28. The average molecular weight is 239 g/mol. The largest absolute Gasteiger partial charge is 0.494 e. The summed E-state index contributed by atoms with van der Waals surface area (Å²) >= 11 is 0. The first kappa shape index (κ1) is 14.0. The molecule has 0 aliphatic rings. The molecule has 0 radical (unpaired) electrons. The molecule has 0 saturated carbocycles. The normalized spacial score (nSPS) is 12.8. The van der Waals surface area contributed by atoms with Gasteiger partial charge in [0.1, 0.15) is 5.75 Å². The lowest BCUT2D eigenvalue weighted by Crippen LogP contribution is -2.32. The van der Waals surface area contributed by atoms with Crippen molar-refractivity contribution in [3.05, 3.63) is 29.8 Å². The van der Waals surface area contributed by atoms with Gasteiger partial charge in [-0.2, -0.15) is 0 Å². The van der Waals surface area contributed by atoms with E-state index in [1.165, 1.54) is 0 Å². The van der Waals surface area contributed by atoms with Gasteiger partial charge in [0.25, 0.3) is 0 Å². The summed E-state index contributed by atoms with van der Waals surface area (Å²) in [6, 6.07) is 7.83. The second kappa shape index (κ2) is 7.27. The zero-order valence-corrected chi connectivity index (χ0v) is 10.9. The molecule has 0 fully saturated rings. The minimum atomic E-state index is -0.346. The number of rotatable bonds is 7. The molecule has 96 valence electrons. The molecule has 1 N–H and O–H groups in total. The SMILES string of the molecule is CCOc1ccccc1C(NC)C(OC)OC. The predicted molar refractivity (Wildman–Crippen MR) is 67.2 cm³/mol. The zero-order chi connectivity index (χ0) is 12.7. The topological polar surface area (TPSA) is 39.7 Å². The van der Waals surface area contributed by atoms with Gasteiger partial charge in [-0.05, 0) is 20.0 Å². The molecule has 1 unspecified atom stereocenters. The van der Waals surface area contributed by atoms with Crippen LogP contribution in [0.1, 0.15) is 18.5 Å². The van der Waals surface area contributed by atoms with Crippen LogP contribution in [-0.2, 0) is 9.47 Å². The van der Waals surface area contributed by atoms with Gasteiger partial charge in [-0.3, -0.25) is 0 Å². The minimum Gasteiger partial charge on any atom is -0.494 e. The van der Waals surface area contributed by atoms with Crippen LogP contribution in [0, 0.1) is 0 Å². The number of hydrogen-bond donors (Lipinski definition) is 1. The number of ether oxygens (including phenoxy) is 3. The van der Waals surface area contributed by atoms with Crippen LogP contribution in [0.3, 0.4) is 0 Å². The second-order valence-corrected chi connectivity index (χ2v) is 3.58. The lowest BCUT2D eigenvalue weighted by Gasteiger charge is -2.26. The maximum absolute atomic E-state index is 5.61. The van der Waals surface area contributed by atoms with Crippen LogP contribution < -0.4 is 10.1 Å². The fraction of sp³-hybridized carbons (Fsp3) is 0.538. The average Bonchev–Trinajstić information content (AvgIpc) is 2.37. The van der Waals surface area contributed by atoms with Crippen molar-refractivity contribution in [2.24, 2.45) is 0 Å². The highest BCUT2D eigenvalue weighted by atomic mass is 16.7. The molecule has 1 atom stereocenters. The van der Waals surface area contributed by atoms with E-state index in [-0.39, 0.29) is 12.3 Å². The first-order valence-corrected chi connectivity index (χ1v) is 5.73. The Hall–Kier alpha value is -1.10. The Labute approximate surface area is 103 Å². The van der Waals surface area contributed by atoms with Gasteiger partial charge in [0.2, 0.25) is 0 Å². The standard InChI is InChI=1S/C13H21NO3/c1-5-17-11-9-7-6-8-10(11)12(14-2)13(15-3)16-4/h6-9,12-14H,5H2,1-4H3. The van der Waals surface area contributed by atoms with Crippen LogP contribution in [0.2, 0.25) is 0 Å². The zero-order valence-electron chi connectivity index (χ0n) is 10.9. The van der Waals surface area contributed by atoms with Crippen molar-refractivity contribution in [2.45, 2.75) is 19.3 Å². The van der Waals surface area contributed by atoms with Crippen molar-refractivity contribution in [1.29, 1.82) is 0 Å². The van der Waals surface area contributed by atoms with E-state index in [0.29, 0.717) is 6.61 Å². The van der Waals surface area contributed by atoms with E-state index >= 15 is 0 Å². The van der Waals surface area contributed by atoms with Crippen molar-refractivity contribution in [3.63, 3.8) is 0 Å². The fourth-order valence-electron chi connectivity index (χ4n) is 1.83. The Balaban J connectivity index is 3.01. The Kier molecular flexibility index (Phi) is 5.97. The third-order valence-electron chi connectivity index (χ3n) is 2.60. The number of methoxy groups -OCH3 is 2. The van der Waals surface area contributed by atoms with Crippen LogP contribution in [0.25, 0.3) is 0 Å². The van der Waals surface area contributed by atoms with Crippen LogP contribution >= 0.6 is 0 Å². The molecule has 1 aromatic rings. The molecule has 0 saturated heterocycles. The van der Waals surface area contributed by atoms with E-state index in [4.69, 9.17) is 14.2 Å². The monoisotopic (exact) mass is 239 g/mol. The third-order valence-corrected chi connectivity index (χ3v) is 2.60. The van der Waals surface area contributed by atoms with E-state index in [2.05, 4.69) is 5.32 Å². The van der Waals surface area contributed by atoms with Gasteiger partial charge in [-0.1, -0.05) is 18.2 Å². The summed E-state index contributed by atoms with van der Waals surface area (Å²) in [4.78, 5) is 0. The van der Waals surface area contributed by atoms with Gasteiger partial charge in [0.05, 0.1) is 12.6 Å². The molecule has 1 aromatic carbocycles. The lowest BCUT2D eigenvalue weighted by molar-refractivity contribution is -0.123. The molecule has 0 aliphatic heterocycles. The lowest BCUT2D eigenvalue weighted by atomic mass is 10.1. The van der Waals surface area contributed by atoms with Gasteiger partial charge in [-0.15, -0.1) is 0 Å². The third kappa shape index (κ3) is 3.43. The van der Waals surface area contributed by atoms with Gasteiger partial charge in [0, 0.05) is 19.8 Å². The molecule has 17 heavy (non-hydrogen) atoms. The van der Waals surface area contributed by atoms with Crippen LogP contribution in [0.15, 0.2) is 24.3 Å². The highest BCUT2D eigenvalue weighted by molar-refractivity contribution is 5.36. The Morgan fingerprint density at radius 1 is 1.18 bits per heavy atom. The smallest absolute Gasteiger partial charge is 0.176 e. The first-order valence-electron chi connectivity index (χ1n) is 5.73. The highest BCUT2D eigenvalue weighted by Crippen LogP contribution is 2.28. The van der Waals surface area contributed by atoms with Crippen LogP contribution in [0.4, 0.5) is 0 Å². The highest BCUT2D eigenvalue weighted by Gasteiger charge is 2.23. The van der Waals surface area contributed by atoms with Crippen molar-refractivity contribution in [3.8, 4) is 5.75 Å². The number of likely N-dealkylation sites (N-methyl/N-ethyl adjacent to an activating group) is 1. The number of para-hydroxylation sites is 1. The molecule has 4 nitrogen and oxygen atoms in total. The maximum Gasteiger partial charge on any atom is 0.176 e. The molecule has 0 spiro atoms.